The van der Waals surface area contributed by atoms with E-state index in [1.807, 2.05) is 18.3 Å². The lowest BCUT2D eigenvalue weighted by molar-refractivity contribution is -0.118. The summed E-state index contributed by atoms with van der Waals surface area (Å²) in [6.07, 6.45) is 6.70. The third kappa shape index (κ3) is 4.03. The molecule has 0 saturated carbocycles. The van der Waals surface area contributed by atoms with Crippen LogP contribution in [0.25, 0.3) is 0 Å². The monoisotopic (exact) mass is 438 g/mol. The highest BCUT2D eigenvalue weighted by Crippen LogP contribution is 2.36. The van der Waals surface area contributed by atoms with Gasteiger partial charge in [-0.1, -0.05) is 35.5 Å². The molecule has 8 nitrogen and oxygen atoms in total. The number of carbonyl (C=O) groups is 1. The molecule has 1 fully saturated rings. The average molecular weight is 439 g/mol. The molecule has 3 unspecified atom stereocenters. The first kappa shape index (κ1) is 20.0. The third-order valence-electron chi connectivity index (χ3n) is 5.89. The minimum absolute atomic E-state index is 0.0429. The van der Waals surface area contributed by atoms with Crippen LogP contribution in [0.2, 0.25) is 0 Å². The Morgan fingerprint density at radius 1 is 1.32 bits per heavy atom. The molecule has 3 aliphatic heterocycles. The van der Waals surface area contributed by atoms with Gasteiger partial charge in [0, 0.05) is 12.4 Å². The van der Waals surface area contributed by atoms with Crippen LogP contribution in [0, 0.1) is 13.8 Å². The van der Waals surface area contributed by atoms with Gasteiger partial charge in [-0.15, -0.1) is 0 Å². The van der Waals surface area contributed by atoms with E-state index in [-0.39, 0.29) is 24.2 Å². The molecule has 1 aromatic heterocycles. The second-order valence-electron chi connectivity index (χ2n) is 8.07. The van der Waals surface area contributed by atoms with Crippen molar-refractivity contribution >= 4 is 22.8 Å². The van der Waals surface area contributed by atoms with E-state index in [9.17, 15) is 4.79 Å². The Bertz CT molecular complexity index is 1020. The number of thioether (sulfide) groups is 1. The van der Waals surface area contributed by atoms with Gasteiger partial charge in [0.15, 0.2) is 5.17 Å². The molecule has 5 rings (SSSR count). The summed E-state index contributed by atoms with van der Waals surface area (Å²) in [6.45, 7) is 4.69. The zero-order valence-corrected chi connectivity index (χ0v) is 18.4. The minimum Gasteiger partial charge on any atom is -0.467 e. The molecule has 31 heavy (non-hydrogen) atoms. The quantitative estimate of drug-likeness (QED) is 0.662. The van der Waals surface area contributed by atoms with Crippen molar-refractivity contribution in [3.63, 3.8) is 0 Å². The largest absolute Gasteiger partial charge is 0.467 e. The smallest absolute Gasteiger partial charge is 0.230 e. The number of hydrazone groups is 1. The number of carbonyl (C=O) groups excluding carboxylic acids is 1. The Balaban J connectivity index is 1.18. The molecule has 0 radical (unpaired) electrons. The number of amidine groups is 1. The van der Waals surface area contributed by atoms with E-state index < -0.39 is 0 Å². The Kier molecular flexibility index (Phi) is 5.37. The second-order valence-corrected chi connectivity index (χ2v) is 9.01. The van der Waals surface area contributed by atoms with Crippen LogP contribution in [0.1, 0.15) is 34.9 Å². The topological polar surface area (TPSA) is 85.1 Å². The summed E-state index contributed by atoms with van der Waals surface area (Å²) in [4.78, 5) is 14.3. The maximum Gasteiger partial charge on any atom is 0.230 e. The lowest BCUT2D eigenvalue weighted by Crippen LogP contribution is -2.54. The van der Waals surface area contributed by atoms with Gasteiger partial charge in [-0.25, -0.2) is 5.43 Å². The van der Waals surface area contributed by atoms with Crippen molar-refractivity contribution in [3.05, 3.63) is 71.4 Å². The van der Waals surface area contributed by atoms with E-state index in [1.165, 1.54) is 28.5 Å². The molecule has 3 N–H and O–H groups in total. The Morgan fingerprint density at radius 2 is 2.23 bits per heavy atom. The summed E-state index contributed by atoms with van der Waals surface area (Å²) in [5, 5.41) is 10.4. The van der Waals surface area contributed by atoms with Crippen LogP contribution >= 0.6 is 11.8 Å². The molecule has 1 aromatic carbocycles. The number of hydrogen-bond donors (Lipinski definition) is 3. The summed E-state index contributed by atoms with van der Waals surface area (Å²) in [6, 6.07) is 10.8. The van der Waals surface area contributed by atoms with Crippen LogP contribution < -0.4 is 16.2 Å². The van der Waals surface area contributed by atoms with Crippen molar-refractivity contribution in [2.24, 2.45) is 5.10 Å². The standard InChI is InChI=1S/C22H26N6O2S/c1-14-5-6-15(2)17(10-14)18-11-19-21-24-25-22(27(21)7-8-28(19)26-18)31-13-20(29)23-12-16-4-3-9-30-16/h3-10,18-19,21,24,26H,11-13H2,1-2H3,(H,23,29). The number of fused-ring (bicyclic) bond motifs is 3. The summed E-state index contributed by atoms with van der Waals surface area (Å²) < 4.78 is 5.24. The van der Waals surface area contributed by atoms with Gasteiger partial charge in [0.25, 0.3) is 0 Å². The summed E-state index contributed by atoms with van der Waals surface area (Å²) in [5.74, 6) is 0.993. The maximum atomic E-state index is 12.2. The first-order valence-corrected chi connectivity index (χ1v) is 11.4. The van der Waals surface area contributed by atoms with Crippen molar-refractivity contribution in [2.45, 2.75) is 45.1 Å². The molecule has 4 heterocycles. The predicted molar refractivity (Wildman–Crippen MR) is 120 cm³/mol. The molecule has 9 heteroatoms. The van der Waals surface area contributed by atoms with Gasteiger partial charge in [0.1, 0.15) is 11.9 Å². The first-order chi connectivity index (χ1) is 15.1. The van der Waals surface area contributed by atoms with E-state index >= 15 is 0 Å². The van der Waals surface area contributed by atoms with Crippen molar-refractivity contribution in [2.75, 3.05) is 5.75 Å². The van der Waals surface area contributed by atoms with Gasteiger partial charge in [0.05, 0.1) is 30.6 Å². The van der Waals surface area contributed by atoms with Gasteiger partial charge in [-0.05, 0) is 43.5 Å². The van der Waals surface area contributed by atoms with Gasteiger partial charge >= 0.3 is 0 Å². The molecule has 3 atom stereocenters. The highest BCUT2D eigenvalue weighted by atomic mass is 32.2. The van der Waals surface area contributed by atoms with E-state index in [0.717, 1.165) is 17.3 Å². The fourth-order valence-corrected chi connectivity index (χ4v) is 5.07. The van der Waals surface area contributed by atoms with Gasteiger partial charge in [-0.2, -0.15) is 5.10 Å². The molecule has 3 aliphatic rings. The average Bonchev–Trinajstić information content (AvgIpc) is 3.51. The molecule has 0 aliphatic carbocycles. The number of aryl methyl sites for hydroxylation is 2. The van der Waals surface area contributed by atoms with Gasteiger partial charge in [-0.3, -0.25) is 10.2 Å². The number of nitrogens with one attached hydrogen (secondary N) is 3. The zero-order chi connectivity index (χ0) is 21.4. The lowest BCUT2D eigenvalue weighted by Gasteiger charge is -2.36. The predicted octanol–water partition coefficient (Wildman–Crippen LogP) is 2.55. The Labute approximate surface area is 185 Å². The van der Waals surface area contributed by atoms with Crippen LogP contribution in [0.5, 0.6) is 0 Å². The van der Waals surface area contributed by atoms with Gasteiger partial charge < -0.3 is 19.6 Å². The number of hydrazine groups is 1. The fraction of sp³-hybridized carbons (Fsp3) is 0.364. The number of amides is 1. The van der Waals surface area contributed by atoms with Crippen LogP contribution in [0.4, 0.5) is 0 Å². The number of furan rings is 1. The van der Waals surface area contributed by atoms with E-state index in [0.29, 0.717) is 12.3 Å². The third-order valence-corrected chi connectivity index (χ3v) is 6.85. The number of rotatable bonds is 5. The van der Waals surface area contributed by atoms with E-state index in [1.54, 1.807) is 6.26 Å². The normalized spacial score (nSPS) is 23.9. The van der Waals surface area contributed by atoms with Gasteiger partial charge in [0.2, 0.25) is 5.91 Å². The molecule has 1 amide bonds. The van der Waals surface area contributed by atoms with E-state index in [2.05, 4.69) is 69.4 Å². The van der Waals surface area contributed by atoms with Crippen molar-refractivity contribution < 1.29 is 9.21 Å². The van der Waals surface area contributed by atoms with Crippen LogP contribution in [-0.2, 0) is 11.3 Å². The van der Waals surface area contributed by atoms with Crippen LogP contribution in [0.15, 0.2) is 58.5 Å². The molecular weight excluding hydrogens is 412 g/mol. The summed E-state index contributed by atoms with van der Waals surface area (Å²) in [5.41, 5.74) is 10.8. The number of benzene rings is 1. The number of nitrogens with zero attached hydrogens (tertiary/aromatic N) is 3. The fourth-order valence-electron chi connectivity index (χ4n) is 4.27. The Hall–Kier alpha value is -2.91. The van der Waals surface area contributed by atoms with Crippen molar-refractivity contribution in [3.8, 4) is 0 Å². The van der Waals surface area contributed by atoms with Crippen LogP contribution in [0.3, 0.4) is 0 Å². The number of hydrogen-bond acceptors (Lipinski definition) is 8. The van der Waals surface area contributed by atoms with Crippen molar-refractivity contribution in [1.82, 2.24) is 26.1 Å². The molecule has 162 valence electrons. The molecule has 1 saturated heterocycles. The van der Waals surface area contributed by atoms with Crippen molar-refractivity contribution in [1.29, 1.82) is 0 Å². The van der Waals surface area contributed by atoms with E-state index in [4.69, 9.17) is 4.42 Å². The second kappa shape index (κ2) is 8.32. The summed E-state index contributed by atoms with van der Waals surface area (Å²) in [7, 11) is 0. The highest BCUT2D eigenvalue weighted by Gasteiger charge is 2.44. The Morgan fingerprint density at radius 3 is 3.06 bits per heavy atom. The molecular formula is C22H26N6O2S. The zero-order valence-electron chi connectivity index (χ0n) is 17.5. The minimum atomic E-state index is -0.0484. The molecule has 0 spiro atoms. The SMILES string of the molecule is Cc1ccc(C)c(C2CC3C4NN=C(SCC(=O)NCc5ccco5)N4C=CN3N2)c1. The van der Waals surface area contributed by atoms with Crippen LogP contribution in [-0.4, -0.2) is 38.9 Å². The summed E-state index contributed by atoms with van der Waals surface area (Å²) >= 11 is 1.43. The first-order valence-electron chi connectivity index (χ1n) is 10.4. The molecule has 0 bridgehead atoms. The highest BCUT2D eigenvalue weighted by molar-refractivity contribution is 8.14. The lowest BCUT2D eigenvalue weighted by atomic mass is 9.95. The molecule has 2 aromatic rings. The maximum absolute atomic E-state index is 12.2.